The van der Waals surface area contributed by atoms with Crippen LogP contribution in [0.1, 0.15) is 19.4 Å². The maximum absolute atomic E-state index is 11.6. The Bertz CT molecular complexity index is 646. The first-order valence-electron chi connectivity index (χ1n) is 7.11. The molecule has 130 valence electrons. The predicted molar refractivity (Wildman–Crippen MR) is 92.4 cm³/mol. The van der Waals surface area contributed by atoms with E-state index in [-0.39, 0.29) is 12.5 Å². The lowest BCUT2D eigenvalue weighted by Crippen LogP contribution is -2.39. The number of primary amides is 1. The molecule has 0 saturated carbocycles. The first kappa shape index (κ1) is 19.6. The number of nitrogens with zero attached hydrogens (tertiary/aromatic N) is 1. The van der Waals surface area contributed by atoms with Crippen molar-refractivity contribution in [2.24, 2.45) is 16.8 Å². The number of halogens is 1. The fourth-order valence-corrected chi connectivity index (χ4v) is 1.87. The molecule has 0 aliphatic carbocycles. The average molecular weight is 399 g/mol. The Morgan fingerprint density at radius 3 is 2.67 bits per heavy atom. The van der Waals surface area contributed by atoms with Gasteiger partial charge in [0.05, 0.1) is 6.21 Å². The van der Waals surface area contributed by atoms with Crippen molar-refractivity contribution in [3.8, 4) is 5.75 Å². The van der Waals surface area contributed by atoms with E-state index in [4.69, 9.17) is 10.5 Å². The zero-order chi connectivity index (χ0) is 18.1. The summed E-state index contributed by atoms with van der Waals surface area (Å²) in [6.45, 7) is 3.94. The number of hydrogen-bond acceptors (Lipinski definition) is 5. The van der Waals surface area contributed by atoms with Gasteiger partial charge in [0.25, 0.3) is 5.91 Å². The first-order chi connectivity index (χ1) is 11.3. The number of hydrogen-bond donors (Lipinski definition) is 3. The maximum Gasteiger partial charge on any atom is 0.329 e. The number of ether oxygens (including phenoxy) is 1. The van der Waals surface area contributed by atoms with Crippen molar-refractivity contribution < 1.29 is 19.1 Å². The molecule has 24 heavy (non-hydrogen) atoms. The third-order valence-corrected chi connectivity index (χ3v) is 3.08. The normalized spacial score (nSPS) is 10.7. The minimum Gasteiger partial charge on any atom is -0.483 e. The number of nitrogens with two attached hydrogens (primary N) is 1. The summed E-state index contributed by atoms with van der Waals surface area (Å²) in [5.74, 6) is -1.66. The van der Waals surface area contributed by atoms with Gasteiger partial charge in [-0.1, -0.05) is 29.8 Å². The van der Waals surface area contributed by atoms with Crippen LogP contribution in [0.5, 0.6) is 5.75 Å². The zero-order valence-corrected chi connectivity index (χ0v) is 14.9. The Balaban J connectivity index is 2.68. The van der Waals surface area contributed by atoms with Crippen molar-refractivity contribution in [3.63, 3.8) is 0 Å². The van der Waals surface area contributed by atoms with Crippen LogP contribution >= 0.6 is 15.9 Å². The van der Waals surface area contributed by atoms with Crippen LogP contribution in [-0.2, 0) is 14.4 Å². The molecule has 0 heterocycles. The molecule has 0 fully saturated rings. The van der Waals surface area contributed by atoms with Crippen LogP contribution in [0.15, 0.2) is 27.8 Å². The van der Waals surface area contributed by atoms with Gasteiger partial charge >= 0.3 is 11.8 Å². The Morgan fingerprint density at radius 1 is 1.33 bits per heavy atom. The van der Waals surface area contributed by atoms with E-state index in [0.717, 1.165) is 4.47 Å². The molecule has 0 saturated heterocycles. The van der Waals surface area contributed by atoms with Gasteiger partial charge in [-0.15, -0.1) is 0 Å². The van der Waals surface area contributed by atoms with Crippen molar-refractivity contribution in [1.82, 2.24) is 10.7 Å². The van der Waals surface area contributed by atoms with E-state index in [0.29, 0.717) is 17.9 Å². The van der Waals surface area contributed by atoms with Gasteiger partial charge in [0.15, 0.2) is 6.61 Å². The second-order valence-corrected chi connectivity index (χ2v) is 6.16. The fourth-order valence-electron chi connectivity index (χ4n) is 1.49. The molecule has 1 rings (SSSR count). The number of amides is 3. The highest BCUT2D eigenvalue weighted by Crippen LogP contribution is 2.21. The van der Waals surface area contributed by atoms with Gasteiger partial charge in [0.2, 0.25) is 0 Å². The van der Waals surface area contributed by atoms with Crippen LogP contribution in [0.3, 0.4) is 0 Å². The van der Waals surface area contributed by atoms with Crippen molar-refractivity contribution >= 4 is 39.9 Å². The van der Waals surface area contributed by atoms with E-state index >= 15 is 0 Å². The summed E-state index contributed by atoms with van der Waals surface area (Å²) in [6.07, 6.45) is 1.30. The number of nitrogens with one attached hydrogen (secondary N) is 2. The Morgan fingerprint density at radius 2 is 2.04 bits per heavy atom. The second-order valence-electron chi connectivity index (χ2n) is 5.24. The SMILES string of the molecule is CC(C)CNC(=O)C(=O)N/N=C\c1cc(Br)ccc1OCC(N)=O. The van der Waals surface area contributed by atoms with E-state index in [1.165, 1.54) is 6.21 Å². The molecule has 8 nitrogen and oxygen atoms in total. The van der Waals surface area contributed by atoms with Gasteiger partial charge in [0.1, 0.15) is 5.75 Å². The number of carbonyl (C=O) groups is 3. The molecule has 0 spiro atoms. The molecule has 0 aliphatic heterocycles. The summed E-state index contributed by atoms with van der Waals surface area (Å²) in [6, 6.07) is 5.00. The van der Waals surface area contributed by atoms with Crippen molar-refractivity contribution in [2.75, 3.05) is 13.2 Å². The van der Waals surface area contributed by atoms with Crippen molar-refractivity contribution in [2.45, 2.75) is 13.8 Å². The van der Waals surface area contributed by atoms with Crippen LogP contribution in [-0.4, -0.2) is 37.1 Å². The van der Waals surface area contributed by atoms with E-state index in [1.807, 2.05) is 13.8 Å². The van der Waals surface area contributed by atoms with Gasteiger partial charge in [-0.2, -0.15) is 5.10 Å². The smallest absolute Gasteiger partial charge is 0.329 e. The summed E-state index contributed by atoms with van der Waals surface area (Å²) in [7, 11) is 0. The molecule has 0 bridgehead atoms. The summed E-state index contributed by atoms with van der Waals surface area (Å²) in [5.41, 5.74) is 7.65. The summed E-state index contributed by atoms with van der Waals surface area (Å²) < 4.78 is 5.99. The Kier molecular flexibility index (Phi) is 7.90. The first-order valence-corrected chi connectivity index (χ1v) is 7.90. The van der Waals surface area contributed by atoms with Crippen LogP contribution in [0, 0.1) is 5.92 Å². The van der Waals surface area contributed by atoms with Crippen molar-refractivity contribution in [1.29, 1.82) is 0 Å². The quantitative estimate of drug-likeness (QED) is 0.352. The fraction of sp³-hybridized carbons (Fsp3) is 0.333. The average Bonchev–Trinajstić information content (AvgIpc) is 2.51. The minimum absolute atomic E-state index is 0.233. The highest BCUT2D eigenvalue weighted by molar-refractivity contribution is 9.10. The highest BCUT2D eigenvalue weighted by atomic mass is 79.9. The molecule has 0 aliphatic rings. The minimum atomic E-state index is -0.874. The maximum atomic E-state index is 11.6. The molecule has 0 radical (unpaired) electrons. The third-order valence-electron chi connectivity index (χ3n) is 2.59. The van der Waals surface area contributed by atoms with Gasteiger partial charge in [-0.3, -0.25) is 14.4 Å². The molecular weight excluding hydrogens is 380 g/mol. The van der Waals surface area contributed by atoms with E-state index in [2.05, 4.69) is 31.8 Å². The largest absolute Gasteiger partial charge is 0.483 e. The zero-order valence-electron chi connectivity index (χ0n) is 13.3. The molecule has 0 aromatic heterocycles. The summed E-state index contributed by atoms with van der Waals surface area (Å²) in [5, 5.41) is 6.19. The Labute approximate surface area is 147 Å². The predicted octanol–water partition coefficient (Wildman–Crippen LogP) is 0.536. The lowest BCUT2D eigenvalue weighted by atomic mass is 10.2. The van der Waals surface area contributed by atoms with E-state index in [9.17, 15) is 14.4 Å². The van der Waals surface area contributed by atoms with Gasteiger partial charge in [-0.25, -0.2) is 5.43 Å². The number of rotatable bonds is 7. The molecule has 3 amide bonds. The van der Waals surface area contributed by atoms with Gasteiger partial charge in [0, 0.05) is 16.6 Å². The molecule has 1 aromatic carbocycles. The number of hydrazone groups is 1. The lowest BCUT2D eigenvalue weighted by Gasteiger charge is -2.08. The van der Waals surface area contributed by atoms with Crippen LogP contribution < -0.4 is 21.2 Å². The van der Waals surface area contributed by atoms with E-state index < -0.39 is 17.7 Å². The second kappa shape index (κ2) is 9.66. The number of benzene rings is 1. The standard InChI is InChI=1S/C15H19BrN4O4/c1-9(2)6-18-14(22)15(23)20-19-7-10-5-11(16)3-4-12(10)24-8-13(17)21/h3-5,7,9H,6,8H2,1-2H3,(H2,17,21)(H,18,22)(H,20,23)/b19-7-. The molecule has 4 N–H and O–H groups in total. The highest BCUT2D eigenvalue weighted by Gasteiger charge is 2.12. The van der Waals surface area contributed by atoms with Crippen molar-refractivity contribution in [3.05, 3.63) is 28.2 Å². The topological polar surface area (TPSA) is 123 Å². The third kappa shape index (κ3) is 7.23. The molecule has 0 unspecified atom stereocenters. The van der Waals surface area contributed by atoms with Crippen LogP contribution in [0.25, 0.3) is 0 Å². The molecular formula is C15H19BrN4O4. The summed E-state index contributed by atoms with van der Waals surface area (Å²) in [4.78, 5) is 33.9. The van der Waals surface area contributed by atoms with Gasteiger partial charge < -0.3 is 15.8 Å². The molecule has 1 aromatic rings. The van der Waals surface area contributed by atoms with Crippen LogP contribution in [0.2, 0.25) is 0 Å². The van der Waals surface area contributed by atoms with Crippen LogP contribution in [0.4, 0.5) is 0 Å². The number of carbonyl (C=O) groups excluding carboxylic acids is 3. The van der Waals surface area contributed by atoms with E-state index in [1.54, 1.807) is 18.2 Å². The monoisotopic (exact) mass is 398 g/mol. The van der Waals surface area contributed by atoms with Gasteiger partial charge in [-0.05, 0) is 24.1 Å². The molecule has 0 atom stereocenters. The lowest BCUT2D eigenvalue weighted by molar-refractivity contribution is -0.139. The summed E-state index contributed by atoms with van der Waals surface area (Å²) >= 11 is 3.29. The molecule has 9 heteroatoms. The Hall–Kier alpha value is -2.42.